The molecule has 4 aromatic rings. The molecule has 0 unspecified atom stereocenters. The minimum atomic E-state index is -0.757. The Hall–Kier alpha value is -4.28. The number of pyridine rings is 1. The number of hydrogen-bond donors (Lipinski definition) is 0. The molecular weight excluding hydrogens is 502 g/mol. The molecule has 39 heavy (non-hydrogen) atoms. The highest BCUT2D eigenvalue weighted by Gasteiger charge is 2.30. The summed E-state index contributed by atoms with van der Waals surface area (Å²) < 4.78 is 25.7. The number of nitrogens with zero attached hydrogens (tertiary/aromatic N) is 5. The van der Waals surface area contributed by atoms with Gasteiger partial charge in [-0.15, -0.1) is 0 Å². The van der Waals surface area contributed by atoms with Crippen LogP contribution in [0, 0.1) is 0 Å². The number of imidazole rings is 1. The summed E-state index contributed by atoms with van der Waals surface area (Å²) in [5.41, 5.74) is 2.08. The summed E-state index contributed by atoms with van der Waals surface area (Å²) in [5, 5.41) is 0.727. The largest absolute Gasteiger partial charge is 0.497 e. The average molecular weight is 538 g/mol. The molecule has 0 aliphatic heterocycles. The van der Waals surface area contributed by atoms with Crippen LogP contribution in [0.4, 0.5) is 10.6 Å². The molecule has 0 N–H and O–H groups in total. The fourth-order valence-corrected chi connectivity index (χ4v) is 4.48. The number of aryl methyl sites for hydroxylation is 2. The summed E-state index contributed by atoms with van der Waals surface area (Å²) in [7, 11) is 4.99. The maximum absolute atomic E-state index is 13.7. The topological polar surface area (TPSA) is 110 Å². The van der Waals surface area contributed by atoms with Crippen molar-refractivity contribution in [2.45, 2.75) is 53.3 Å². The van der Waals surface area contributed by atoms with Crippen molar-refractivity contribution >= 4 is 39.9 Å². The first-order valence-electron chi connectivity index (χ1n) is 12.8. The molecule has 0 spiro atoms. The lowest BCUT2D eigenvalue weighted by Gasteiger charge is -2.27. The van der Waals surface area contributed by atoms with E-state index in [-0.39, 0.29) is 13.2 Å². The molecule has 208 valence electrons. The monoisotopic (exact) mass is 537 g/mol. The Kier molecular flexibility index (Phi) is 7.71. The SMILES string of the molecule is CCOC(=O)c1cc2c3c(ncn3C)c(N(Cc3ccc(OC)cc3OC)C(=O)OC(C)(C)C)nc2n1CC. The molecule has 4 rings (SSSR count). The van der Waals surface area contributed by atoms with Crippen LogP contribution in [0.3, 0.4) is 0 Å². The highest BCUT2D eigenvalue weighted by atomic mass is 16.6. The Bertz CT molecular complexity index is 1530. The van der Waals surface area contributed by atoms with E-state index < -0.39 is 17.7 Å². The molecule has 11 nitrogen and oxygen atoms in total. The van der Waals surface area contributed by atoms with Gasteiger partial charge in [-0.3, -0.25) is 4.90 Å². The molecule has 0 bridgehead atoms. The van der Waals surface area contributed by atoms with Gasteiger partial charge in [0.05, 0.1) is 39.2 Å². The maximum atomic E-state index is 13.7. The Morgan fingerprint density at radius 2 is 1.82 bits per heavy atom. The number of carbonyl (C=O) groups excluding carboxylic acids is 2. The molecule has 0 atom stereocenters. The van der Waals surface area contributed by atoms with Crippen molar-refractivity contribution < 1.29 is 28.5 Å². The normalized spacial score (nSPS) is 11.6. The van der Waals surface area contributed by atoms with E-state index in [2.05, 4.69) is 4.98 Å². The molecule has 0 saturated heterocycles. The predicted molar refractivity (Wildman–Crippen MR) is 148 cm³/mol. The molecule has 3 aromatic heterocycles. The van der Waals surface area contributed by atoms with Gasteiger partial charge in [-0.1, -0.05) is 0 Å². The first kappa shape index (κ1) is 27.7. The summed E-state index contributed by atoms with van der Waals surface area (Å²) in [5.74, 6) is 1.02. The Morgan fingerprint density at radius 3 is 2.44 bits per heavy atom. The Morgan fingerprint density at radius 1 is 1.08 bits per heavy atom. The van der Waals surface area contributed by atoms with E-state index in [9.17, 15) is 9.59 Å². The van der Waals surface area contributed by atoms with Gasteiger partial charge >= 0.3 is 12.1 Å². The smallest absolute Gasteiger partial charge is 0.416 e. The van der Waals surface area contributed by atoms with Crippen molar-refractivity contribution in [2.24, 2.45) is 7.05 Å². The van der Waals surface area contributed by atoms with Crippen LogP contribution in [0.15, 0.2) is 30.6 Å². The number of benzene rings is 1. The summed E-state index contributed by atoms with van der Waals surface area (Å²) in [4.78, 5) is 37.5. The van der Waals surface area contributed by atoms with Crippen LogP contribution in [-0.2, 0) is 29.6 Å². The van der Waals surface area contributed by atoms with Gasteiger partial charge in [-0.25, -0.2) is 19.6 Å². The van der Waals surface area contributed by atoms with Gasteiger partial charge in [-0.2, -0.15) is 0 Å². The fourth-order valence-electron chi connectivity index (χ4n) is 4.48. The van der Waals surface area contributed by atoms with Crippen molar-refractivity contribution in [3.63, 3.8) is 0 Å². The quantitative estimate of drug-likeness (QED) is 0.286. The molecule has 0 radical (unpaired) electrons. The van der Waals surface area contributed by atoms with E-state index in [4.69, 9.17) is 23.9 Å². The number of fused-ring (bicyclic) bond motifs is 3. The van der Waals surface area contributed by atoms with Gasteiger partial charge < -0.3 is 28.1 Å². The molecule has 0 aliphatic rings. The van der Waals surface area contributed by atoms with Gasteiger partial charge in [0.2, 0.25) is 0 Å². The molecule has 0 saturated carbocycles. The van der Waals surface area contributed by atoms with E-state index in [1.807, 2.05) is 24.6 Å². The second kappa shape index (κ2) is 10.8. The van der Waals surface area contributed by atoms with E-state index in [0.29, 0.717) is 46.3 Å². The van der Waals surface area contributed by atoms with E-state index >= 15 is 0 Å². The van der Waals surface area contributed by atoms with E-state index in [1.54, 1.807) is 71.0 Å². The molecule has 11 heteroatoms. The zero-order valence-electron chi connectivity index (χ0n) is 23.7. The van der Waals surface area contributed by atoms with Crippen LogP contribution in [0.25, 0.3) is 22.1 Å². The Labute approximate surface area is 227 Å². The van der Waals surface area contributed by atoms with Crippen LogP contribution < -0.4 is 14.4 Å². The molecule has 1 aromatic carbocycles. The third-order valence-electron chi connectivity index (χ3n) is 6.18. The van der Waals surface area contributed by atoms with Crippen molar-refractivity contribution in [3.05, 3.63) is 41.9 Å². The lowest BCUT2D eigenvalue weighted by Crippen LogP contribution is -2.37. The van der Waals surface area contributed by atoms with Crippen molar-refractivity contribution in [2.75, 3.05) is 25.7 Å². The number of esters is 1. The van der Waals surface area contributed by atoms with Crippen molar-refractivity contribution in [1.29, 1.82) is 0 Å². The fraction of sp³-hybridized carbons (Fsp3) is 0.429. The average Bonchev–Trinajstić information content (AvgIpc) is 3.46. The van der Waals surface area contributed by atoms with Crippen molar-refractivity contribution in [3.8, 4) is 11.5 Å². The number of carbonyl (C=O) groups is 2. The van der Waals surface area contributed by atoms with Gasteiger partial charge in [0, 0.05) is 30.6 Å². The minimum Gasteiger partial charge on any atom is -0.497 e. The summed E-state index contributed by atoms with van der Waals surface area (Å²) in [6, 6.07) is 7.15. The summed E-state index contributed by atoms with van der Waals surface area (Å²) in [6.45, 7) is 9.90. The second-order valence-electron chi connectivity index (χ2n) is 9.96. The van der Waals surface area contributed by atoms with Crippen LogP contribution in [-0.4, -0.2) is 57.6 Å². The number of anilines is 1. The van der Waals surface area contributed by atoms with E-state index in [1.165, 1.54) is 4.90 Å². The molecule has 3 heterocycles. The van der Waals surface area contributed by atoms with Crippen LogP contribution in [0.1, 0.15) is 50.7 Å². The van der Waals surface area contributed by atoms with Gasteiger partial charge in [0.1, 0.15) is 34.0 Å². The zero-order chi connectivity index (χ0) is 28.5. The second-order valence-corrected chi connectivity index (χ2v) is 9.96. The number of aromatic nitrogens is 4. The first-order valence-corrected chi connectivity index (χ1v) is 12.8. The van der Waals surface area contributed by atoms with Gasteiger partial charge in [-0.05, 0) is 52.8 Å². The molecule has 1 amide bonds. The van der Waals surface area contributed by atoms with Gasteiger partial charge in [0.25, 0.3) is 0 Å². The Balaban J connectivity index is 1.98. The predicted octanol–water partition coefficient (Wildman–Crippen LogP) is 5.08. The first-order chi connectivity index (χ1) is 18.5. The third kappa shape index (κ3) is 5.34. The highest BCUT2D eigenvalue weighted by Crippen LogP contribution is 2.35. The standard InChI is InChI=1S/C28H35N5O6/c1-9-32-20(26(34)38-10-2)14-19-23-22(29-16-31(23)6)25(30-24(19)32)33(27(35)39-28(3,4)5)15-17-11-12-18(36-7)13-21(17)37-8/h11-14,16H,9-10,15H2,1-8H3. The summed E-state index contributed by atoms with van der Waals surface area (Å²) in [6.07, 6.45) is 1.06. The van der Waals surface area contributed by atoms with E-state index in [0.717, 1.165) is 10.9 Å². The van der Waals surface area contributed by atoms with Crippen LogP contribution in [0.2, 0.25) is 0 Å². The number of rotatable bonds is 8. The summed E-state index contributed by atoms with van der Waals surface area (Å²) >= 11 is 0. The van der Waals surface area contributed by atoms with Gasteiger partial charge in [0.15, 0.2) is 5.82 Å². The molecule has 0 aliphatic carbocycles. The number of hydrogen-bond acceptors (Lipinski definition) is 8. The number of amides is 1. The van der Waals surface area contributed by atoms with Crippen LogP contribution >= 0.6 is 0 Å². The lowest BCUT2D eigenvalue weighted by molar-refractivity contribution is 0.0512. The minimum absolute atomic E-state index is 0.0871. The van der Waals surface area contributed by atoms with Crippen LogP contribution in [0.5, 0.6) is 11.5 Å². The molecule has 0 fully saturated rings. The zero-order valence-corrected chi connectivity index (χ0v) is 23.7. The number of methoxy groups -OCH3 is 2. The molecular formula is C28H35N5O6. The lowest BCUT2D eigenvalue weighted by atomic mass is 10.1. The highest BCUT2D eigenvalue weighted by molar-refractivity contribution is 6.11. The van der Waals surface area contributed by atoms with Crippen molar-refractivity contribution in [1.82, 2.24) is 19.1 Å². The maximum Gasteiger partial charge on any atom is 0.416 e. The third-order valence-corrected chi connectivity index (χ3v) is 6.18. The number of ether oxygens (including phenoxy) is 4.